The molecule has 1 N–H and O–H groups in total. The van der Waals surface area contributed by atoms with Crippen LogP contribution >= 0.6 is 22.6 Å². The summed E-state index contributed by atoms with van der Waals surface area (Å²) in [5.41, 5.74) is -0.0370. The van der Waals surface area contributed by atoms with Crippen molar-refractivity contribution in [3.8, 4) is 17.9 Å². The molecular formula is C12H11IN4O3. The van der Waals surface area contributed by atoms with Gasteiger partial charge >= 0.3 is 5.69 Å². The number of ether oxygens (including phenoxy) is 1. The summed E-state index contributed by atoms with van der Waals surface area (Å²) in [5.74, 6) is 0.127. The van der Waals surface area contributed by atoms with Crippen LogP contribution in [-0.4, -0.2) is 24.6 Å². The first-order valence-electron chi connectivity index (χ1n) is 5.61. The zero-order chi connectivity index (χ0) is 15.1. The van der Waals surface area contributed by atoms with Crippen molar-refractivity contribution in [3.05, 3.63) is 31.4 Å². The number of nitrogens with zero attached hydrogens (tertiary/aromatic N) is 3. The van der Waals surface area contributed by atoms with Crippen LogP contribution in [0.15, 0.2) is 12.1 Å². The van der Waals surface area contributed by atoms with Gasteiger partial charge in [-0.1, -0.05) is 0 Å². The highest BCUT2D eigenvalue weighted by atomic mass is 127. The first-order valence-corrected chi connectivity index (χ1v) is 6.69. The van der Waals surface area contributed by atoms with E-state index in [0.29, 0.717) is 9.99 Å². The molecule has 0 radical (unpaired) electrons. The number of halogens is 1. The Hall–Kier alpha value is -1.91. The topological polar surface area (TPSA) is 112 Å². The normalized spacial score (nSPS) is 11.2. The first-order chi connectivity index (χ1) is 9.53. The van der Waals surface area contributed by atoms with Crippen molar-refractivity contribution in [3.63, 3.8) is 0 Å². The highest BCUT2D eigenvalue weighted by Crippen LogP contribution is 2.33. The van der Waals surface area contributed by atoms with Crippen molar-refractivity contribution in [2.45, 2.75) is 12.5 Å². The van der Waals surface area contributed by atoms with Crippen molar-refractivity contribution in [1.82, 2.24) is 5.32 Å². The van der Waals surface area contributed by atoms with Crippen LogP contribution in [0.5, 0.6) is 5.75 Å². The maximum atomic E-state index is 11.0. The van der Waals surface area contributed by atoms with E-state index >= 15 is 0 Å². The summed E-state index contributed by atoms with van der Waals surface area (Å²) in [6.07, 6.45) is 0.403. The molecule has 0 fully saturated rings. The smallest absolute Gasteiger partial charge is 0.313 e. The Balaban J connectivity index is 2.92. The van der Waals surface area contributed by atoms with Gasteiger partial charge in [-0.25, -0.2) is 0 Å². The van der Waals surface area contributed by atoms with E-state index in [-0.39, 0.29) is 29.6 Å². The molecule has 20 heavy (non-hydrogen) atoms. The van der Waals surface area contributed by atoms with E-state index in [0.717, 1.165) is 0 Å². The minimum absolute atomic E-state index is 0.127. The van der Waals surface area contributed by atoms with E-state index in [9.17, 15) is 10.1 Å². The predicted octanol–water partition coefficient (Wildman–Crippen LogP) is 1.95. The van der Waals surface area contributed by atoms with Crippen LogP contribution in [0.3, 0.4) is 0 Å². The lowest BCUT2D eigenvalue weighted by Gasteiger charge is -2.11. The lowest BCUT2D eigenvalue weighted by molar-refractivity contribution is -0.386. The molecule has 0 saturated heterocycles. The summed E-state index contributed by atoms with van der Waals surface area (Å²) in [7, 11) is 1.65. The molecule has 0 aliphatic heterocycles. The molecule has 0 aliphatic rings. The summed E-state index contributed by atoms with van der Waals surface area (Å²) >= 11 is 1.88. The maximum Gasteiger partial charge on any atom is 0.313 e. The summed E-state index contributed by atoms with van der Waals surface area (Å²) in [6.45, 7) is 0.168. The third-order valence-electron chi connectivity index (χ3n) is 2.51. The van der Waals surface area contributed by atoms with E-state index in [4.69, 9.17) is 15.3 Å². The van der Waals surface area contributed by atoms with Gasteiger partial charge in [0.05, 0.1) is 38.8 Å². The third-order valence-corrected chi connectivity index (χ3v) is 3.31. The molecule has 0 heterocycles. The van der Waals surface area contributed by atoms with E-state index in [1.54, 1.807) is 7.05 Å². The predicted molar refractivity (Wildman–Crippen MR) is 79.1 cm³/mol. The molecule has 0 aromatic heterocycles. The monoisotopic (exact) mass is 386 g/mol. The van der Waals surface area contributed by atoms with Crippen molar-refractivity contribution in [1.29, 1.82) is 10.5 Å². The standard InChI is InChI=1S/C12H11IN4O3/c1-16-9(7-15)2-3-20-12-10(13)4-8(6-14)5-11(12)17(18)19/h4-5,9,16H,2-3H2,1H3. The number of nitrogens with one attached hydrogen (secondary N) is 1. The molecule has 1 rings (SSSR count). The molecule has 7 nitrogen and oxygen atoms in total. The number of nitro groups is 1. The molecule has 1 atom stereocenters. The molecule has 0 aliphatic carbocycles. The molecular weight excluding hydrogens is 375 g/mol. The average Bonchev–Trinajstić information content (AvgIpc) is 2.44. The fourth-order valence-corrected chi connectivity index (χ4v) is 2.24. The van der Waals surface area contributed by atoms with Gasteiger partial charge in [-0.2, -0.15) is 10.5 Å². The van der Waals surface area contributed by atoms with E-state index in [1.807, 2.05) is 34.7 Å². The number of nitro benzene ring substituents is 1. The number of hydrogen-bond acceptors (Lipinski definition) is 6. The molecule has 1 aromatic rings. The highest BCUT2D eigenvalue weighted by Gasteiger charge is 2.20. The second-order valence-corrected chi connectivity index (χ2v) is 4.94. The van der Waals surface area contributed by atoms with Crippen molar-refractivity contribution in [2.75, 3.05) is 13.7 Å². The first kappa shape index (κ1) is 16.1. The zero-order valence-corrected chi connectivity index (χ0v) is 12.7. The fraction of sp³-hybridized carbons (Fsp3) is 0.333. The number of benzene rings is 1. The van der Waals surface area contributed by atoms with Crippen LogP contribution in [0.25, 0.3) is 0 Å². The number of nitriles is 2. The van der Waals surface area contributed by atoms with E-state index in [2.05, 4.69) is 5.32 Å². The van der Waals surface area contributed by atoms with Gasteiger partial charge in [-0.05, 0) is 35.7 Å². The quantitative estimate of drug-likeness (QED) is 0.454. The molecule has 0 saturated carbocycles. The highest BCUT2D eigenvalue weighted by molar-refractivity contribution is 14.1. The summed E-state index contributed by atoms with van der Waals surface area (Å²) < 4.78 is 5.91. The molecule has 104 valence electrons. The van der Waals surface area contributed by atoms with Crippen molar-refractivity contribution >= 4 is 28.3 Å². The molecule has 0 spiro atoms. The van der Waals surface area contributed by atoms with Crippen molar-refractivity contribution in [2.24, 2.45) is 0 Å². The van der Waals surface area contributed by atoms with E-state index in [1.165, 1.54) is 12.1 Å². The van der Waals surface area contributed by atoms with Gasteiger partial charge in [-0.15, -0.1) is 0 Å². The van der Waals surface area contributed by atoms with Crippen LogP contribution in [0, 0.1) is 36.3 Å². The summed E-state index contributed by atoms with van der Waals surface area (Å²) in [6, 6.07) is 6.23. The minimum atomic E-state index is -0.585. The second-order valence-electron chi connectivity index (χ2n) is 3.78. The summed E-state index contributed by atoms with van der Waals surface area (Å²) in [5, 5.41) is 31.4. The molecule has 0 amide bonds. The average molecular weight is 386 g/mol. The number of rotatable bonds is 6. The molecule has 0 bridgehead atoms. The Labute approximate surface area is 129 Å². The SMILES string of the molecule is CNC(C#N)CCOc1c(I)cc(C#N)cc1[N+](=O)[O-]. The number of hydrogen-bond donors (Lipinski definition) is 1. The van der Waals surface area contributed by atoms with Crippen LogP contribution in [0.2, 0.25) is 0 Å². The molecule has 8 heteroatoms. The lowest BCUT2D eigenvalue weighted by Crippen LogP contribution is -2.25. The summed E-state index contributed by atoms with van der Waals surface area (Å²) in [4.78, 5) is 10.4. The van der Waals surface area contributed by atoms with Gasteiger partial charge in [0.15, 0.2) is 0 Å². The Morgan fingerprint density at radius 3 is 2.75 bits per heavy atom. The van der Waals surface area contributed by atoms with E-state index < -0.39 is 4.92 Å². The fourth-order valence-electron chi connectivity index (χ4n) is 1.47. The Morgan fingerprint density at radius 1 is 1.55 bits per heavy atom. The minimum Gasteiger partial charge on any atom is -0.486 e. The van der Waals surface area contributed by atoms with Gasteiger partial charge in [0, 0.05) is 12.5 Å². The maximum absolute atomic E-state index is 11.0. The van der Waals surface area contributed by atoms with Crippen LogP contribution < -0.4 is 10.1 Å². The van der Waals surface area contributed by atoms with Crippen molar-refractivity contribution < 1.29 is 9.66 Å². The van der Waals surface area contributed by atoms with Crippen LogP contribution in [-0.2, 0) is 0 Å². The van der Waals surface area contributed by atoms with Gasteiger partial charge < -0.3 is 10.1 Å². The second kappa shape index (κ2) is 7.62. The Morgan fingerprint density at radius 2 is 2.25 bits per heavy atom. The molecule has 1 unspecified atom stereocenters. The Kier molecular flexibility index (Phi) is 6.15. The van der Waals surface area contributed by atoms with Crippen LogP contribution in [0.4, 0.5) is 5.69 Å². The largest absolute Gasteiger partial charge is 0.486 e. The Bertz CT molecular complexity index is 592. The zero-order valence-electron chi connectivity index (χ0n) is 10.6. The molecule has 1 aromatic carbocycles. The van der Waals surface area contributed by atoms with Gasteiger partial charge in [0.2, 0.25) is 5.75 Å². The van der Waals surface area contributed by atoms with Crippen LogP contribution in [0.1, 0.15) is 12.0 Å². The van der Waals surface area contributed by atoms with Gasteiger partial charge in [0.1, 0.15) is 0 Å². The third kappa shape index (κ3) is 4.05. The lowest BCUT2D eigenvalue weighted by atomic mass is 10.2. The van der Waals surface area contributed by atoms with Gasteiger partial charge in [-0.3, -0.25) is 10.1 Å². The van der Waals surface area contributed by atoms with Gasteiger partial charge in [0.25, 0.3) is 0 Å².